The van der Waals surface area contributed by atoms with Crippen LogP contribution in [-0.4, -0.2) is 48.3 Å². The van der Waals surface area contributed by atoms with Crippen molar-refractivity contribution in [2.24, 2.45) is 4.99 Å². The van der Waals surface area contributed by atoms with E-state index < -0.39 is 5.54 Å². The molecule has 1 aliphatic carbocycles. The van der Waals surface area contributed by atoms with E-state index in [9.17, 15) is 4.79 Å². The van der Waals surface area contributed by atoms with Gasteiger partial charge in [-0.1, -0.05) is 34.1 Å². The van der Waals surface area contributed by atoms with Crippen LogP contribution < -0.4 is 10.1 Å². The van der Waals surface area contributed by atoms with E-state index in [0.717, 1.165) is 34.2 Å². The molecule has 6 nitrogen and oxygen atoms in total. The van der Waals surface area contributed by atoms with Crippen molar-refractivity contribution >= 4 is 27.7 Å². The fourth-order valence-electron chi connectivity index (χ4n) is 3.33. The Kier molecular flexibility index (Phi) is 6.39. The molecule has 0 spiro atoms. The van der Waals surface area contributed by atoms with Crippen molar-refractivity contribution in [3.8, 4) is 5.75 Å². The van der Waals surface area contributed by atoms with Crippen LogP contribution in [0.5, 0.6) is 5.75 Å². The second kappa shape index (κ2) is 9.18. The maximum absolute atomic E-state index is 13.2. The maximum Gasteiger partial charge on any atom is 0.252 e. The van der Waals surface area contributed by atoms with E-state index in [4.69, 9.17) is 19.6 Å². The fraction of sp³-hybridized carbons (Fsp3) is 0.391. The number of hydrogen-bond donors (Lipinski definition) is 2. The van der Waals surface area contributed by atoms with Crippen LogP contribution in [0.15, 0.2) is 58.0 Å². The lowest BCUT2D eigenvalue weighted by atomic mass is 9.91. The van der Waals surface area contributed by atoms with Crippen molar-refractivity contribution in [1.82, 2.24) is 5.32 Å². The Morgan fingerprint density at radius 3 is 2.70 bits per heavy atom. The molecule has 0 unspecified atom stereocenters. The van der Waals surface area contributed by atoms with Crippen LogP contribution in [0, 0.1) is 0 Å². The Labute approximate surface area is 184 Å². The van der Waals surface area contributed by atoms with Crippen LogP contribution in [-0.2, 0) is 16.0 Å². The van der Waals surface area contributed by atoms with Crippen molar-refractivity contribution in [2.45, 2.75) is 37.3 Å². The molecule has 1 atom stereocenters. The number of aliphatic hydroxyl groups is 1. The molecule has 0 aromatic heterocycles. The highest BCUT2D eigenvalue weighted by atomic mass is 79.9. The molecule has 4 rings (SSSR count). The summed E-state index contributed by atoms with van der Waals surface area (Å²) in [4.78, 5) is 18.0. The molecule has 2 aromatic rings. The van der Waals surface area contributed by atoms with Crippen molar-refractivity contribution < 1.29 is 19.4 Å². The third-order valence-electron chi connectivity index (χ3n) is 5.21. The Morgan fingerprint density at radius 1 is 1.23 bits per heavy atom. The van der Waals surface area contributed by atoms with Gasteiger partial charge in [0.25, 0.3) is 5.91 Å². The van der Waals surface area contributed by atoms with Gasteiger partial charge in [0, 0.05) is 35.5 Å². The Morgan fingerprint density at radius 2 is 2.00 bits per heavy atom. The molecule has 1 saturated carbocycles. The Balaban J connectivity index is 1.56. The van der Waals surface area contributed by atoms with E-state index in [1.807, 2.05) is 48.5 Å². The first-order valence-corrected chi connectivity index (χ1v) is 11.0. The third-order valence-corrected chi connectivity index (χ3v) is 5.99. The maximum atomic E-state index is 13.2. The van der Waals surface area contributed by atoms with Crippen LogP contribution in [0.25, 0.3) is 0 Å². The van der Waals surface area contributed by atoms with Crippen molar-refractivity contribution in [3.05, 3.63) is 64.1 Å². The molecule has 1 heterocycles. The molecule has 0 radical (unpaired) electrons. The van der Waals surface area contributed by atoms with Crippen molar-refractivity contribution in [2.75, 3.05) is 19.8 Å². The summed E-state index contributed by atoms with van der Waals surface area (Å²) in [6, 6.07) is 15.6. The number of benzene rings is 2. The van der Waals surface area contributed by atoms with Crippen LogP contribution in [0.2, 0.25) is 0 Å². The van der Waals surface area contributed by atoms with Gasteiger partial charge < -0.3 is 19.9 Å². The molecule has 1 aliphatic heterocycles. The molecule has 1 amide bonds. The fourth-order valence-corrected chi connectivity index (χ4v) is 3.76. The van der Waals surface area contributed by atoms with Gasteiger partial charge in [-0.2, -0.15) is 0 Å². The average Bonchev–Trinajstić information content (AvgIpc) is 3.47. The number of aliphatic imine (C=N–C) groups is 1. The lowest BCUT2D eigenvalue weighted by Crippen LogP contribution is -2.49. The van der Waals surface area contributed by atoms with Gasteiger partial charge in [0.2, 0.25) is 5.90 Å². The minimum Gasteiger partial charge on any atom is -0.494 e. The number of ether oxygens (including phenoxy) is 2. The van der Waals surface area contributed by atoms with Gasteiger partial charge in [0.15, 0.2) is 5.54 Å². The molecule has 1 fully saturated rings. The van der Waals surface area contributed by atoms with E-state index >= 15 is 0 Å². The zero-order chi connectivity index (χ0) is 21.0. The van der Waals surface area contributed by atoms with E-state index in [1.54, 1.807) is 0 Å². The Hall–Kier alpha value is -2.38. The number of rotatable bonds is 9. The highest BCUT2D eigenvalue weighted by Gasteiger charge is 2.46. The van der Waals surface area contributed by atoms with Gasteiger partial charge in [0.1, 0.15) is 12.4 Å². The second-order valence-corrected chi connectivity index (χ2v) is 8.56. The third kappa shape index (κ3) is 4.84. The molecule has 158 valence electrons. The molecule has 2 N–H and O–H groups in total. The first-order valence-electron chi connectivity index (χ1n) is 10.2. The summed E-state index contributed by atoms with van der Waals surface area (Å²) in [6.07, 6.45) is 3.09. The molecule has 30 heavy (non-hydrogen) atoms. The predicted octanol–water partition coefficient (Wildman–Crippen LogP) is 3.25. The number of halogens is 1. The summed E-state index contributed by atoms with van der Waals surface area (Å²) < 4.78 is 12.5. The van der Waals surface area contributed by atoms with E-state index in [-0.39, 0.29) is 25.2 Å². The number of carbonyl (C=O) groups excluding carboxylic acids is 1. The van der Waals surface area contributed by atoms with Gasteiger partial charge in [-0.25, -0.2) is 4.99 Å². The minimum atomic E-state index is -0.988. The second-order valence-electron chi connectivity index (χ2n) is 7.70. The molecular formula is C23H25BrN2O4. The Bertz CT molecular complexity index is 927. The van der Waals surface area contributed by atoms with Crippen LogP contribution >= 0.6 is 15.9 Å². The van der Waals surface area contributed by atoms with Crippen LogP contribution in [0.4, 0.5) is 0 Å². The highest BCUT2D eigenvalue weighted by molar-refractivity contribution is 9.10. The normalized spacial score (nSPS) is 20.4. The number of carbonyl (C=O) groups is 1. The lowest BCUT2D eigenvalue weighted by Gasteiger charge is -2.23. The smallest absolute Gasteiger partial charge is 0.252 e. The zero-order valence-electron chi connectivity index (χ0n) is 16.6. The first-order chi connectivity index (χ1) is 14.6. The molecule has 0 saturated heterocycles. The van der Waals surface area contributed by atoms with E-state index in [0.29, 0.717) is 25.3 Å². The summed E-state index contributed by atoms with van der Waals surface area (Å²) in [7, 11) is 0. The summed E-state index contributed by atoms with van der Waals surface area (Å²) >= 11 is 3.58. The summed E-state index contributed by atoms with van der Waals surface area (Å²) in [5.74, 6) is 1.10. The largest absolute Gasteiger partial charge is 0.494 e. The number of hydrogen-bond acceptors (Lipinski definition) is 5. The van der Waals surface area contributed by atoms with Gasteiger partial charge >= 0.3 is 0 Å². The summed E-state index contributed by atoms with van der Waals surface area (Å²) in [5, 5.41) is 12.0. The molecule has 2 aliphatic rings. The zero-order valence-corrected chi connectivity index (χ0v) is 18.2. The summed E-state index contributed by atoms with van der Waals surface area (Å²) in [5.41, 5.74) is 0.834. The van der Waals surface area contributed by atoms with Crippen LogP contribution in [0.3, 0.4) is 0 Å². The number of amides is 1. The van der Waals surface area contributed by atoms with Crippen LogP contribution in [0.1, 0.15) is 30.4 Å². The van der Waals surface area contributed by atoms with Gasteiger partial charge in [-0.15, -0.1) is 0 Å². The SMILES string of the molecule is O=C(NC1CC1)[C@@]1(Cc2ccccc2Br)COC(c2ccc(OCCCO)cc2)=N1. The molecular weight excluding hydrogens is 448 g/mol. The van der Waals surface area contributed by atoms with E-state index in [1.165, 1.54) is 0 Å². The predicted molar refractivity (Wildman–Crippen MR) is 118 cm³/mol. The number of nitrogens with zero attached hydrogens (tertiary/aromatic N) is 1. The standard InChI is InChI=1S/C23H25BrN2O4/c24-20-5-2-1-4-17(20)14-23(22(28)25-18-8-9-18)15-30-21(26-23)16-6-10-19(11-7-16)29-13-3-12-27/h1-2,4-7,10-11,18,27H,3,8-9,12-15H2,(H,25,28)/t23-/m1/s1. The number of nitrogens with one attached hydrogen (secondary N) is 1. The topological polar surface area (TPSA) is 80.2 Å². The van der Waals surface area contributed by atoms with Gasteiger partial charge in [0.05, 0.1) is 6.61 Å². The molecule has 0 bridgehead atoms. The van der Waals surface area contributed by atoms with Crippen molar-refractivity contribution in [3.63, 3.8) is 0 Å². The average molecular weight is 473 g/mol. The van der Waals surface area contributed by atoms with E-state index in [2.05, 4.69) is 21.2 Å². The molecule has 2 aromatic carbocycles. The highest BCUT2D eigenvalue weighted by Crippen LogP contribution is 2.31. The molecule has 7 heteroatoms. The summed E-state index contributed by atoms with van der Waals surface area (Å²) in [6.45, 7) is 0.770. The first kappa shape index (κ1) is 20.9. The lowest BCUT2D eigenvalue weighted by molar-refractivity contribution is -0.126. The number of aliphatic hydroxyl groups excluding tert-OH is 1. The monoisotopic (exact) mass is 472 g/mol. The van der Waals surface area contributed by atoms with Crippen molar-refractivity contribution in [1.29, 1.82) is 0 Å². The van der Waals surface area contributed by atoms with Gasteiger partial charge in [-0.05, 0) is 48.7 Å². The quantitative estimate of drug-likeness (QED) is 0.548. The van der Waals surface area contributed by atoms with Gasteiger partial charge in [-0.3, -0.25) is 4.79 Å². The minimum absolute atomic E-state index is 0.0836.